The largest absolute Gasteiger partial charge is 0.321 e. The van der Waals surface area contributed by atoms with Gasteiger partial charge >= 0.3 is 0 Å². The standard InChI is InChI=1S/C26H30N6O/c1-18-12-19(2)25-21(13-18)14-22(26(33)27-25)16-31(23-10-6-7-11-23)17-24-28-29-30-32(24)15-20-8-4-3-5-9-20/h3-5,8-9,12-14,23H,6-7,10-11,15-17H2,1-2H3,(H,27,33). The number of pyridine rings is 1. The van der Waals surface area contributed by atoms with Crippen molar-refractivity contribution in [3.63, 3.8) is 0 Å². The van der Waals surface area contributed by atoms with Gasteiger partial charge in [0, 0.05) is 18.2 Å². The van der Waals surface area contributed by atoms with Crippen LogP contribution in [0.3, 0.4) is 0 Å². The molecule has 0 aliphatic heterocycles. The van der Waals surface area contributed by atoms with E-state index in [1.165, 1.54) is 18.4 Å². The van der Waals surface area contributed by atoms with E-state index in [1.54, 1.807) is 0 Å². The Balaban J connectivity index is 1.44. The van der Waals surface area contributed by atoms with Crippen molar-refractivity contribution in [3.05, 3.63) is 87.0 Å². The molecule has 0 spiro atoms. The minimum Gasteiger partial charge on any atom is -0.321 e. The molecule has 0 amide bonds. The number of hydrogen-bond donors (Lipinski definition) is 1. The molecule has 2 aromatic heterocycles. The Morgan fingerprint density at radius 1 is 1.06 bits per heavy atom. The Labute approximate surface area is 193 Å². The quantitative estimate of drug-likeness (QED) is 0.466. The fraction of sp³-hybridized carbons (Fsp3) is 0.385. The predicted molar refractivity (Wildman–Crippen MR) is 129 cm³/mol. The first-order valence-electron chi connectivity index (χ1n) is 11.7. The van der Waals surface area contributed by atoms with Crippen LogP contribution in [0.5, 0.6) is 0 Å². The third-order valence-corrected chi connectivity index (χ3v) is 6.71. The third-order valence-electron chi connectivity index (χ3n) is 6.71. The molecule has 0 bridgehead atoms. The maximum absolute atomic E-state index is 13.0. The molecule has 1 aliphatic carbocycles. The van der Waals surface area contributed by atoms with Crippen LogP contribution in [0.1, 0.15) is 53.8 Å². The number of aromatic nitrogens is 5. The number of benzene rings is 2. The Hall–Kier alpha value is -3.32. The number of nitrogens with zero attached hydrogens (tertiary/aromatic N) is 5. The summed E-state index contributed by atoms with van der Waals surface area (Å²) >= 11 is 0. The van der Waals surface area contributed by atoms with E-state index < -0.39 is 0 Å². The normalized spacial score (nSPS) is 14.5. The molecule has 2 heterocycles. The van der Waals surface area contributed by atoms with Crippen LogP contribution in [-0.4, -0.2) is 36.1 Å². The zero-order valence-corrected chi connectivity index (χ0v) is 19.3. The van der Waals surface area contributed by atoms with Gasteiger partial charge in [-0.25, -0.2) is 4.68 Å². The average Bonchev–Trinajstić information content (AvgIpc) is 3.48. The molecular weight excluding hydrogens is 412 g/mol. The van der Waals surface area contributed by atoms with Crippen molar-refractivity contribution >= 4 is 10.9 Å². The summed E-state index contributed by atoms with van der Waals surface area (Å²) in [5.41, 5.74) is 5.17. The first kappa shape index (κ1) is 21.5. The van der Waals surface area contributed by atoms with E-state index in [9.17, 15) is 4.79 Å². The lowest BCUT2D eigenvalue weighted by molar-refractivity contribution is 0.172. The van der Waals surface area contributed by atoms with Crippen LogP contribution in [0.25, 0.3) is 10.9 Å². The molecule has 170 valence electrons. The summed E-state index contributed by atoms with van der Waals surface area (Å²) in [6.07, 6.45) is 4.74. The van der Waals surface area contributed by atoms with E-state index in [1.807, 2.05) is 29.8 Å². The summed E-state index contributed by atoms with van der Waals surface area (Å²) in [5, 5.41) is 13.6. The molecule has 2 aromatic carbocycles. The second kappa shape index (κ2) is 9.27. The van der Waals surface area contributed by atoms with Gasteiger partial charge in [0.25, 0.3) is 5.56 Å². The van der Waals surface area contributed by atoms with E-state index in [2.05, 4.69) is 62.7 Å². The molecule has 0 unspecified atom stereocenters. The number of H-pyrrole nitrogens is 1. The van der Waals surface area contributed by atoms with Crippen molar-refractivity contribution in [2.45, 2.75) is 65.2 Å². The van der Waals surface area contributed by atoms with Crippen molar-refractivity contribution in [2.24, 2.45) is 0 Å². The second-order valence-corrected chi connectivity index (χ2v) is 9.25. The van der Waals surface area contributed by atoms with Crippen LogP contribution in [0.2, 0.25) is 0 Å². The fourth-order valence-corrected chi connectivity index (χ4v) is 5.05. The van der Waals surface area contributed by atoms with Crippen molar-refractivity contribution in [1.29, 1.82) is 0 Å². The number of aryl methyl sites for hydroxylation is 2. The van der Waals surface area contributed by atoms with Crippen molar-refractivity contribution in [2.75, 3.05) is 0 Å². The molecule has 0 radical (unpaired) electrons. The Kier molecular flexibility index (Phi) is 6.05. The molecule has 33 heavy (non-hydrogen) atoms. The fourth-order valence-electron chi connectivity index (χ4n) is 5.05. The maximum atomic E-state index is 13.0. The molecule has 7 nitrogen and oxygen atoms in total. The number of aromatic amines is 1. The highest BCUT2D eigenvalue weighted by Crippen LogP contribution is 2.26. The number of fused-ring (bicyclic) bond motifs is 1. The van der Waals surface area contributed by atoms with Crippen LogP contribution in [0.4, 0.5) is 0 Å². The van der Waals surface area contributed by atoms with Crippen LogP contribution in [0, 0.1) is 13.8 Å². The van der Waals surface area contributed by atoms with E-state index in [4.69, 9.17) is 0 Å². The molecule has 1 aliphatic rings. The number of rotatable bonds is 7. The van der Waals surface area contributed by atoms with Crippen molar-refractivity contribution < 1.29 is 0 Å². The number of tetrazole rings is 1. The third kappa shape index (κ3) is 4.73. The SMILES string of the molecule is Cc1cc(C)c2[nH]c(=O)c(CN(Cc3nnnn3Cc3ccccc3)C3CCCC3)cc2c1. The molecule has 7 heteroatoms. The Morgan fingerprint density at radius 3 is 2.64 bits per heavy atom. The average molecular weight is 443 g/mol. The number of nitrogens with one attached hydrogen (secondary N) is 1. The summed E-state index contributed by atoms with van der Waals surface area (Å²) in [5.74, 6) is 0.828. The molecular formula is C26H30N6O. The molecule has 0 atom stereocenters. The summed E-state index contributed by atoms with van der Waals surface area (Å²) in [6.45, 7) is 5.98. The Bertz CT molecular complexity index is 1300. The van der Waals surface area contributed by atoms with Gasteiger partial charge < -0.3 is 4.98 Å². The first-order valence-corrected chi connectivity index (χ1v) is 11.7. The van der Waals surface area contributed by atoms with Gasteiger partial charge in [-0.15, -0.1) is 5.10 Å². The van der Waals surface area contributed by atoms with Gasteiger partial charge in [0.05, 0.1) is 18.6 Å². The topological polar surface area (TPSA) is 79.7 Å². The van der Waals surface area contributed by atoms with E-state index in [0.29, 0.717) is 25.7 Å². The monoisotopic (exact) mass is 442 g/mol. The van der Waals surface area contributed by atoms with Crippen LogP contribution in [0.15, 0.2) is 53.3 Å². The van der Waals surface area contributed by atoms with E-state index >= 15 is 0 Å². The molecule has 1 saturated carbocycles. The Morgan fingerprint density at radius 2 is 1.85 bits per heavy atom. The van der Waals surface area contributed by atoms with Gasteiger partial charge in [0.15, 0.2) is 5.82 Å². The van der Waals surface area contributed by atoms with Crippen LogP contribution in [-0.2, 0) is 19.6 Å². The van der Waals surface area contributed by atoms with Gasteiger partial charge in [-0.05, 0) is 65.8 Å². The number of hydrogen-bond acceptors (Lipinski definition) is 5. The van der Waals surface area contributed by atoms with Gasteiger partial charge in [0.1, 0.15) is 0 Å². The minimum absolute atomic E-state index is 0.0127. The summed E-state index contributed by atoms with van der Waals surface area (Å²) in [7, 11) is 0. The zero-order valence-electron chi connectivity index (χ0n) is 19.3. The van der Waals surface area contributed by atoms with Gasteiger partial charge in [-0.1, -0.05) is 54.8 Å². The maximum Gasteiger partial charge on any atom is 0.252 e. The molecule has 1 fully saturated rings. The molecule has 1 N–H and O–H groups in total. The van der Waals surface area contributed by atoms with E-state index in [0.717, 1.165) is 46.3 Å². The van der Waals surface area contributed by atoms with Crippen molar-refractivity contribution in [3.8, 4) is 0 Å². The highest BCUT2D eigenvalue weighted by molar-refractivity contribution is 5.82. The lowest BCUT2D eigenvalue weighted by Crippen LogP contribution is -2.35. The second-order valence-electron chi connectivity index (χ2n) is 9.25. The smallest absolute Gasteiger partial charge is 0.252 e. The van der Waals surface area contributed by atoms with Crippen LogP contribution < -0.4 is 5.56 Å². The van der Waals surface area contributed by atoms with Gasteiger partial charge in [-0.2, -0.15) is 0 Å². The predicted octanol–water partition coefficient (Wildman–Crippen LogP) is 4.12. The summed E-state index contributed by atoms with van der Waals surface area (Å²) in [4.78, 5) is 18.5. The minimum atomic E-state index is -0.0127. The zero-order chi connectivity index (χ0) is 22.8. The molecule has 4 aromatic rings. The van der Waals surface area contributed by atoms with Gasteiger partial charge in [-0.3, -0.25) is 9.69 Å². The molecule has 5 rings (SSSR count). The highest BCUT2D eigenvalue weighted by Gasteiger charge is 2.25. The molecule has 0 saturated heterocycles. The summed E-state index contributed by atoms with van der Waals surface area (Å²) < 4.78 is 1.87. The first-order chi connectivity index (χ1) is 16.1. The van der Waals surface area contributed by atoms with E-state index in [-0.39, 0.29) is 5.56 Å². The lowest BCUT2D eigenvalue weighted by atomic mass is 10.0. The summed E-state index contributed by atoms with van der Waals surface area (Å²) in [6, 6.07) is 17.0. The van der Waals surface area contributed by atoms with Gasteiger partial charge in [0.2, 0.25) is 0 Å². The van der Waals surface area contributed by atoms with Crippen LogP contribution >= 0.6 is 0 Å². The highest BCUT2D eigenvalue weighted by atomic mass is 16.1. The lowest BCUT2D eigenvalue weighted by Gasteiger charge is -2.28. The van der Waals surface area contributed by atoms with Crippen molar-refractivity contribution in [1.82, 2.24) is 30.1 Å².